The lowest BCUT2D eigenvalue weighted by Gasteiger charge is -2.31. The molecule has 0 bridgehead atoms. The van der Waals surface area contributed by atoms with Gasteiger partial charge in [0.15, 0.2) is 4.34 Å². The molecule has 1 aliphatic rings. The average Bonchev–Trinajstić information content (AvgIpc) is 3.02. The zero-order chi connectivity index (χ0) is 17.6. The zero-order valence-corrected chi connectivity index (χ0v) is 16.3. The minimum absolute atomic E-state index is 0.0668. The molecule has 2 heterocycles. The predicted octanol–water partition coefficient (Wildman–Crippen LogP) is 3.89. The third-order valence-electron chi connectivity index (χ3n) is 4.18. The quantitative estimate of drug-likeness (QED) is 0.612. The second kappa shape index (κ2) is 8.78. The number of nitrogens with zero attached hydrogens (tertiary/aromatic N) is 3. The predicted molar refractivity (Wildman–Crippen MR) is 104 cm³/mol. The van der Waals surface area contributed by atoms with E-state index >= 15 is 0 Å². The van der Waals surface area contributed by atoms with Crippen LogP contribution in [0, 0.1) is 5.92 Å². The van der Waals surface area contributed by atoms with E-state index in [1.807, 2.05) is 6.07 Å². The second-order valence-electron chi connectivity index (χ2n) is 6.56. The lowest BCUT2D eigenvalue weighted by Crippen LogP contribution is -2.37. The Hall–Kier alpha value is -1.44. The maximum atomic E-state index is 12.5. The number of amides is 1. The van der Waals surface area contributed by atoms with Gasteiger partial charge in [-0.2, -0.15) is 0 Å². The largest absolute Gasteiger partial charge is 0.300 e. The van der Waals surface area contributed by atoms with E-state index in [0.717, 1.165) is 36.8 Å². The number of likely N-dealkylation sites (tertiary alicyclic amines) is 1. The number of nitrogens with one attached hydrogen (secondary N) is 1. The molecule has 7 heteroatoms. The van der Waals surface area contributed by atoms with Crippen LogP contribution in [0.3, 0.4) is 0 Å². The van der Waals surface area contributed by atoms with Gasteiger partial charge in [0.25, 0.3) is 0 Å². The highest BCUT2D eigenvalue weighted by Gasteiger charge is 2.25. The Morgan fingerprint density at radius 2 is 2.00 bits per heavy atom. The summed E-state index contributed by atoms with van der Waals surface area (Å²) in [6, 6.07) is 10.5. The Kier molecular flexibility index (Phi) is 6.45. The third kappa shape index (κ3) is 5.52. The highest BCUT2D eigenvalue weighted by atomic mass is 32.2. The molecule has 2 aromatic rings. The lowest BCUT2D eigenvalue weighted by molar-refractivity contribution is -0.121. The fraction of sp³-hybridized carbons (Fsp3) is 0.500. The fourth-order valence-corrected chi connectivity index (χ4v) is 4.89. The van der Waals surface area contributed by atoms with Crippen molar-refractivity contribution in [1.29, 1.82) is 0 Å². The number of piperidine rings is 1. The Morgan fingerprint density at radius 1 is 1.28 bits per heavy atom. The maximum absolute atomic E-state index is 12.5. The van der Waals surface area contributed by atoms with E-state index in [1.165, 1.54) is 16.9 Å². The minimum atomic E-state index is 0.0668. The van der Waals surface area contributed by atoms with Gasteiger partial charge in [0.1, 0.15) is 0 Å². The van der Waals surface area contributed by atoms with Gasteiger partial charge >= 0.3 is 0 Å². The molecule has 1 amide bonds. The van der Waals surface area contributed by atoms with Crippen molar-refractivity contribution in [3.8, 4) is 0 Å². The van der Waals surface area contributed by atoms with Crippen molar-refractivity contribution in [1.82, 2.24) is 15.1 Å². The Labute approximate surface area is 157 Å². The second-order valence-corrected chi connectivity index (χ2v) is 9.37. The molecule has 1 aromatic heterocycles. The number of rotatable bonds is 6. The van der Waals surface area contributed by atoms with Crippen molar-refractivity contribution >= 4 is 34.1 Å². The molecular weight excluding hydrogens is 352 g/mol. The highest BCUT2D eigenvalue weighted by Crippen LogP contribution is 2.29. The smallest absolute Gasteiger partial charge is 0.229 e. The number of carbonyl (C=O) groups excluding carboxylic acids is 1. The van der Waals surface area contributed by atoms with Gasteiger partial charge in [0.05, 0.1) is 0 Å². The Morgan fingerprint density at radius 3 is 2.68 bits per heavy atom. The van der Waals surface area contributed by atoms with Crippen LogP contribution in [-0.2, 0) is 11.3 Å². The van der Waals surface area contributed by atoms with E-state index < -0.39 is 0 Å². The molecule has 0 saturated carbocycles. The van der Waals surface area contributed by atoms with Gasteiger partial charge in [-0.25, -0.2) is 0 Å². The van der Waals surface area contributed by atoms with Gasteiger partial charge in [-0.15, -0.1) is 10.2 Å². The van der Waals surface area contributed by atoms with E-state index in [-0.39, 0.29) is 11.8 Å². The maximum Gasteiger partial charge on any atom is 0.229 e. The summed E-state index contributed by atoms with van der Waals surface area (Å²) in [6.07, 6.45) is 1.79. The van der Waals surface area contributed by atoms with Crippen LogP contribution >= 0.6 is 23.1 Å². The molecule has 1 aliphatic heterocycles. The van der Waals surface area contributed by atoms with E-state index in [0.29, 0.717) is 10.4 Å². The van der Waals surface area contributed by atoms with Gasteiger partial charge in [-0.1, -0.05) is 67.3 Å². The Balaban J connectivity index is 1.46. The number of hydrogen-bond donors (Lipinski definition) is 1. The topological polar surface area (TPSA) is 58.1 Å². The molecule has 0 aliphatic carbocycles. The molecule has 1 fully saturated rings. The monoisotopic (exact) mass is 376 g/mol. The molecular formula is C18H24N4OS2. The molecule has 3 rings (SSSR count). The highest BCUT2D eigenvalue weighted by molar-refractivity contribution is 8.01. The van der Waals surface area contributed by atoms with Crippen LogP contribution in [0.1, 0.15) is 32.3 Å². The van der Waals surface area contributed by atoms with E-state index in [1.54, 1.807) is 11.8 Å². The van der Waals surface area contributed by atoms with Crippen molar-refractivity contribution in [2.75, 3.05) is 18.4 Å². The summed E-state index contributed by atoms with van der Waals surface area (Å²) in [7, 11) is 0. The number of carbonyl (C=O) groups is 1. The van der Waals surface area contributed by atoms with Crippen LogP contribution in [-0.4, -0.2) is 39.3 Å². The number of thioether (sulfide) groups is 1. The van der Waals surface area contributed by atoms with Gasteiger partial charge in [0, 0.05) is 17.7 Å². The van der Waals surface area contributed by atoms with Crippen molar-refractivity contribution in [2.24, 2.45) is 5.92 Å². The SMILES string of the molecule is CC(C)Sc1nnc(NC(=O)C2CCN(Cc3ccccc3)CC2)s1. The Bertz CT molecular complexity index is 681. The first-order valence-corrected chi connectivity index (χ1v) is 10.4. The van der Waals surface area contributed by atoms with E-state index in [9.17, 15) is 4.79 Å². The summed E-state index contributed by atoms with van der Waals surface area (Å²) >= 11 is 3.12. The molecule has 0 radical (unpaired) electrons. The van der Waals surface area contributed by atoms with Crippen molar-refractivity contribution < 1.29 is 4.79 Å². The molecule has 25 heavy (non-hydrogen) atoms. The van der Waals surface area contributed by atoms with E-state index in [4.69, 9.17) is 0 Å². The molecule has 0 atom stereocenters. The number of hydrogen-bond acceptors (Lipinski definition) is 6. The minimum Gasteiger partial charge on any atom is -0.300 e. The van der Waals surface area contributed by atoms with Gasteiger partial charge in [0.2, 0.25) is 11.0 Å². The summed E-state index contributed by atoms with van der Waals surface area (Å²) in [5, 5.41) is 12.2. The zero-order valence-electron chi connectivity index (χ0n) is 14.6. The summed E-state index contributed by atoms with van der Waals surface area (Å²) in [6.45, 7) is 7.11. The third-order valence-corrected chi connectivity index (χ3v) is 6.11. The molecule has 1 aromatic carbocycles. The van der Waals surface area contributed by atoms with Crippen LogP contribution in [0.25, 0.3) is 0 Å². The van der Waals surface area contributed by atoms with E-state index in [2.05, 4.69) is 58.5 Å². The molecule has 5 nitrogen and oxygen atoms in total. The normalized spacial score (nSPS) is 16.3. The van der Waals surface area contributed by atoms with Crippen molar-refractivity contribution in [2.45, 2.75) is 42.8 Å². The summed E-state index contributed by atoms with van der Waals surface area (Å²) in [4.78, 5) is 14.9. The van der Waals surface area contributed by atoms with Crippen LogP contribution in [0.15, 0.2) is 34.7 Å². The lowest BCUT2D eigenvalue weighted by atomic mass is 9.95. The first-order chi connectivity index (χ1) is 12.1. The molecule has 1 saturated heterocycles. The van der Waals surface area contributed by atoms with Crippen molar-refractivity contribution in [3.05, 3.63) is 35.9 Å². The summed E-state index contributed by atoms with van der Waals surface area (Å²) in [5.74, 6) is 0.147. The first-order valence-electron chi connectivity index (χ1n) is 8.67. The van der Waals surface area contributed by atoms with Crippen LogP contribution < -0.4 is 5.32 Å². The van der Waals surface area contributed by atoms with Crippen LogP contribution in [0.2, 0.25) is 0 Å². The van der Waals surface area contributed by atoms with Gasteiger partial charge < -0.3 is 5.32 Å². The number of anilines is 1. The molecule has 0 spiro atoms. The molecule has 0 unspecified atom stereocenters. The number of aromatic nitrogens is 2. The number of benzene rings is 1. The summed E-state index contributed by atoms with van der Waals surface area (Å²) < 4.78 is 0.906. The first kappa shape index (κ1) is 18.4. The van der Waals surface area contributed by atoms with Gasteiger partial charge in [-0.3, -0.25) is 9.69 Å². The average molecular weight is 377 g/mol. The standard InChI is InChI=1S/C18H24N4OS2/c1-13(2)24-18-21-20-17(25-18)19-16(23)15-8-10-22(11-9-15)12-14-6-4-3-5-7-14/h3-7,13,15H,8-12H2,1-2H3,(H,19,20,23). The summed E-state index contributed by atoms with van der Waals surface area (Å²) in [5.41, 5.74) is 1.33. The van der Waals surface area contributed by atoms with Gasteiger partial charge in [-0.05, 0) is 31.5 Å². The molecule has 1 N–H and O–H groups in total. The van der Waals surface area contributed by atoms with Crippen LogP contribution in [0.4, 0.5) is 5.13 Å². The van der Waals surface area contributed by atoms with Crippen LogP contribution in [0.5, 0.6) is 0 Å². The van der Waals surface area contributed by atoms with Crippen molar-refractivity contribution in [3.63, 3.8) is 0 Å². The fourth-order valence-electron chi connectivity index (χ4n) is 2.91. The molecule has 134 valence electrons.